The number of carbonyl (C=O) groups is 1. The monoisotopic (exact) mass is 452 g/mol. The molecule has 0 aliphatic rings. The summed E-state index contributed by atoms with van der Waals surface area (Å²) < 4.78 is 17.5. The molecule has 4 rings (SSSR count). The lowest BCUT2D eigenvalue weighted by molar-refractivity contribution is 0.0428. The number of esters is 1. The quantitative estimate of drug-likeness (QED) is 0.378. The summed E-state index contributed by atoms with van der Waals surface area (Å²) >= 11 is 6.25. The van der Waals surface area contributed by atoms with E-state index in [1.165, 1.54) is 0 Å². The molecule has 0 radical (unpaired) electrons. The summed E-state index contributed by atoms with van der Waals surface area (Å²) in [5.41, 5.74) is 3.35. The van der Waals surface area contributed by atoms with E-state index < -0.39 is 5.97 Å². The molecule has 9 heteroatoms. The van der Waals surface area contributed by atoms with Crippen LogP contribution in [0.5, 0.6) is 5.75 Å². The number of nitrogens with zero attached hydrogens (tertiary/aromatic N) is 4. The highest BCUT2D eigenvalue weighted by Gasteiger charge is 2.21. The molecule has 0 saturated carbocycles. The number of halogens is 1. The predicted octanol–water partition coefficient (Wildman–Crippen LogP) is 4.62. The van der Waals surface area contributed by atoms with Crippen LogP contribution in [0.4, 0.5) is 0 Å². The second-order valence-electron chi connectivity index (χ2n) is 7.11. The number of rotatable bonds is 7. The Labute approximate surface area is 189 Å². The van der Waals surface area contributed by atoms with Gasteiger partial charge in [0.2, 0.25) is 5.82 Å². The largest absolute Gasteiger partial charge is 0.497 e. The average Bonchev–Trinajstić information content (AvgIpc) is 3.38. The Morgan fingerprint density at radius 2 is 1.88 bits per heavy atom. The fourth-order valence-electron chi connectivity index (χ4n) is 3.30. The standard InChI is InChI=1S/C23H21ClN4O4/c1-14-21(15(2)28(26-14)12-17-6-4-5-7-19(17)24)23(29)31-13-20-25-22(27-32-20)16-8-10-18(30-3)11-9-16/h4-11H,12-13H2,1-3H3. The first kappa shape index (κ1) is 21.6. The molecule has 0 aliphatic heterocycles. The van der Waals surface area contributed by atoms with E-state index in [4.69, 9.17) is 25.6 Å². The van der Waals surface area contributed by atoms with Gasteiger partial charge in [0.25, 0.3) is 5.89 Å². The molecule has 0 saturated heterocycles. The molecule has 164 valence electrons. The van der Waals surface area contributed by atoms with Gasteiger partial charge in [0.05, 0.1) is 25.0 Å². The van der Waals surface area contributed by atoms with E-state index in [-0.39, 0.29) is 12.5 Å². The minimum atomic E-state index is -0.505. The summed E-state index contributed by atoms with van der Waals surface area (Å²) in [6.45, 7) is 3.90. The summed E-state index contributed by atoms with van der Waals surface area (Å²) in [6.07, 6.45) is 0. The van der Waals surface area contributed by atoms with E-state index in [0.29, 0.717) is 34.3 Å². The van der Waals surface area contributed by atoms with Gasteiger partial charge in [-0.05, 0) is 49.7 Å². The molecule has 2 aromatic heterocycles. The summed E-state index contributed by atoms with van der Waals surface area (Å²) in [5.74, 6) is 0.823. The van der Waals surface area contributed by atoms with Gasteiger partial charge >= 0.3 is 5.97 Å². The van der Waals surface area contributed by atoms with Crippen molar-refractivity contribution in [1.82, 2.24) is 19.9 Å². The van der Waals surface area contributed by atoms with Crippen molar-refractivity contribution in [3.8, 4) is 17.1 Å². The van der Waals surface area contributed by atoms with Gasteiger partial charge in [-0.3, -0.25) is 4.68 Å². The maximum absolute atomic E-state index is 12.7. The fraction of sp³-hybridized carbons (Fsp3) is 0.217. The van der Waals surface area contributed by atoms with Crippen LogP contribution in [0.3, 0.4) is 0 Å². The first-order valence-electron chi connectivity index (χ1n) is 9.88. The van der Waals surface area contributed by atoms with Crippen molar-refractivity contribution in [2.75, 3.05) is 7.11 Å². The van der Waals surface area contributed by atoms with E-state index in [0.717, 1.165) is 16.9 Å². The lowest BCUT2D eigenvalue weighted by atomic mass is 10.2. The van der Waals surface area contributed by atoms with Gasteiger partial charge in [0, 0.05) is 10.6 Å². The fourth-order valence-corrected chi connectivity index (χ4v) is 3.50. The average molecular weight is 453 g/mol. The van der Waals surface area contributed by atoms with Crippen LogP contribution in [-0.4, -0.2) is 33.0 Å². The molecule has 2 aromatic carbocycles. The molecule has 32 heavy (non-hydrogen) atoms. The Hall–Kier alpha value is -3.65. The Morgan fingerprint density at radius 1 is 1.12 bits per heavy atom. The minimum absolute atomic E-state index is 0.142. The van der Waals surface area contributed by atoms with Crippen molar-refractivity contribution in [2.24, 2.45) is 0 Å². The van der Waals surface area contributed by atoms with E-state index in [1.807, 2.05) is 43.3 Å². The SMILES string of the molecule is COc1ccc(-c2noc(COC(=O)c3c(C)nn(Cc4ccccc4Cl)c3C)n2)cc1. The van der Waals surface area contributed by atoms with Crippen molar-refractivity contribution < 1.29 is 18.8 Å². The van der Waals surface area contributed by atoms with Gasteiger partial charge in [0.1, 0.15) is 11.3 Å². The lowest BCUT2D eigenvalue weighted by Crippen LogP contribution is -2.09. The number of carbonyl (C=O) groups excluding carboxylic acids is 1. The maximum atomic E-state index is 12.7. The molecule has 0 spiro atoms. The Balaban J connectivity index is 1.44. The highest BCUT2D eigenvalue weighted by molar-refractivity contribution is 6.31. The van der Waals surface area contributed by atoms with Crippen molar-refractivity contribution in [1.29, 1.82) is 0 Å². The first-order chi connectivity index (χ1) is 15.5. The van der Waals surface area contributed by atoms with Gasteiger partial charge in [0.15, 0.2) is 6.61 Å². The molecule has 0 aliphatic carbocycles. The zero-order valence-electron chi connectivity index (χ0n) is 17.8. The minimum Gasteiger partial charge on any atom is -0.497 e. The molecule has 0 atom stereocenters. The molecule has 0 N–H and O–H groups in total. The highest BCUT2D eigenvalue weighted by Crippen LogP contribution is 2.22. The second kappa shape index (κ2) is 9.23. The topological polar surface area (TPSA) is 92.3 Å². The summed E-state index contributed by atoms with van der Waals surface area (Å²) in [5, 5.41) is 9.06. The lowest BCUT2D eigenvalue weighted by Gasteiger charge is -2.07. The summed E-state index contributed by atoms with van der Waals surface area (Å²) in [7, 11) is 1.60. The first-order valence-corrected chi connectivity index (χ1v) is 10.3. The van der Waals surface area contributed by atoms with Gasteiger partial charge in [-0.15, -0.1) is 0 Å². The molecule has 0 bridgehead atoms. The van der Waals surface area contributed by atoms with E-state index in [2.05, 4.69) is 15.2 Å². The van der Waals surface area contributed by atoms with Crippen LogP contribution in [0, 0.1) is 13.8 Å². The zero-order valence-corrected chi connectivity index (χ0v) is 18.6. The molecular weight excluding hydrogens is 432 g/mol. The van der Waals surface area contributed by atoms with Crippen LogP contribution in [-0.2, 0) is 17.9 Å². The smallest absolute Gasteiger partial charge is 0.342 e. The number of aryl methyl sites for hydroxylation is 1. The number of hydrogen-bond acceptors (Lipinski definition) is 7. The number of ether oxygens (including phenoxy) is 2. The Kier molecular flexibility index (Phi) is 6.23. The van der Waals surface area contributed by atoms with Crippen LogP contribution in [0.15, 0.2) is 53.1 Å². The highest BCUT2D eigenvalue weighted by atomic mass is 35.5. The Morgan fingerprint density at radius 3 is 2.59 bits per heavy atom. The molecule has 8 nitrogen and oxygen atoms in total. The van der Waals surface area contributed by atoms with Crippen LogP contribution >= 0.6 is 11.6 Å². The van der Waals surface area contributed by atoms with Crippen LogP contribution in [0.25, 0.3) is 11.4 Å². The zero-order chi connectivity index (χ0) is 22.7. The van der Waals surface area contributed by atoms with Crippen molar-refractivity contribution in [3.05, 3.63) is 82.0 Å². The van der Waals surface area contributed by atoms with Crippen LogP contribution in [0.1, 0.15) is 33.2 Å². The molecular formula is C23H21ClN4O4. The van der Waals surface area contributed by atoms with Crippen LogP contribution in [0.2, 0.25) is 5.02 Å². The van der Waals surface area contributed by atoms with Gasteiger partial charge in [-0.2, -0.15) is 10.1 Å². The van der Waals surface area contributed by atoms with E-state index in [9.17, 15) is 4.79 Å². The molecule has 4 aromatic rings. The molecule has 0 fully saturated rings. The third-order valence-corrected chi connectivity index (χ3v) is 5.38. The van der Waals surface area contributed by atoms with E-state index >= 15 is 0 Å². The number of benzene rings is 2. The van der Waals surface area contributed by atoms with E-state index in [1.54, 1.807) is 30.8 Å². The normalized spacial score (nSPS) is 10.9. The molecule has 2 heterocycles. The molecule has 0 unspecified atom stereocenters. The number of methoxy groups -OCH3 is 1. The third kappa shape index (κ3) is 4.50. The number of hydrogen-bond donors (Lipinski definition) is 0. The van der Waals surface area contributed by atoms with Crippen molar-refractivity contribution in [3.63, 3.8) is 0 Å². The molecule has 0 amide bonds. The predicted molar refractivity (Wildman–Crippen MR) is 118 cm³/mol. The van der Waals surface area contributed by atoms with Gasteiger partial charge in [-0.1, -0.05) is 35.0 Å². The van der Waals surface area contributed by atoms with Crippen LogP contribution < -0.4 is 4.74 Å². The van der Waals surface area contributed by atoms with Crippen molar-refractivity contribution >= 4 is 17.6 Å². The van der Waals surface area contributed by atoms with Gasteiger partial charge in [-0.25, -0.2) is 4.79 Å². The maximum Gasteiger partial charge on any atom is 0.342 e. The van der Waals surface area contributed by atoms with Crippen molar-refractivity contribution in [2.45, 2.75) is 27.0 Å². The summed E-state index contributed by atoms with van der Waals surface area (Å²) in [4.78, 5) is 17.0. The Bertz CT molecular complexity index is 1250. The number of aromatic nitrogens is 4. The third-order valence-electron chi connectivity index (χ3n) is 5.01. The van der Waals surface area contributed by atoms with Gasteiger partial charge < -0.3 is 14.0 Å². The second-order valence-corrected chi connectivity index (χ2v) is 7.52. The summed E-state index contributed by atoms with van der Waals surface area (Å²) in [6, 6.07) is 14.8.